The molecule has 0 radical (unpaired) electrons. The normalized spacial score (nSPS) is 27.6. The zero-order valence-electron chi connectivity index (χ0n) is 11.8. The fraction of sp³-hybridized carbons (Fsp3) is 0.600. The lowest BCUT2D eigenvalue weighted by Crippen LogP contribution is -2.26. The fourth-order valence-corrected chi connectivity index (χ4v) is 5.23. The molecule has 1 unspecified atom stereocenters. The van der Waals surface area contributed by atoms with Crippen LogP contribution in [0.15, 0.2) is 18.2 Å². The van der Waals surface area contributed by atoms with Crippen molar-refractivity contribution in [2.75, 3.05) is 30.0 Å². The first-order valence-corrected chi connectivity index (χ1v) is 8.98. The average molecular weight is 295 g/mol. The number of ether oxygens (including phenoxy) is 1. The number of benzene rings is 1. The zero-order chi connectivity index (χ0) is 14.2. The van der Waals surface area contributed by atoms with Gasteiger partial charge in [0.05, 0.1) is 18.1 Å². The Bertz CT molecular complexity index is 612. The number of sulfone groups is 1. The van der Waals surface area contributed by atoms with Crippen LogP contribution >= 0.6 is 0 Å². The van der Waals surface area contributed by atoms with Gasteiger partial charge in [0.1, 0.15) is 5.75 Å². The van der Waals surface area contributed by atoms with Gasteiger partial charge in [-0.25, -0.2) is 8.42 Å². The minimum Gasteiger partial charge on any atom is -0.493 e. The van der Waals surface area contributed by atoms with Crippen LogP contribution in [-0.4, -0.2) is 33.1 Å². The number of anilines is 1. The SMILES string of the molecule is CC1(COc2ccc3c(c2)CCCN3)CCS(=O)(=O)C1. The Kier molecular flexibility index (Phi) is 3.40. The van der Waals surface area contributed by atoms with E-state index in [-0.39, 0.29) is 11.2 Å². The predicted octanol–water partition coefficient (Wildman–Crippen LogP) is 2.25. The zero-order valence-corrected chi connectivity index (χ0v) is 12.6. The first kappa shape index (κ1) is 13.7. The molecule has 2 aliphatic rings. The van der Waals surface area contributed by atoms with E-state index in [4.69, 9.17) is 4.74 Å². The lowest BCUT2D eigenvalue weighted by molar-refractivity contribution is 0.186. The summed E-state index contributed by atoms with van der Waals surface area (Å²) in [5.41, 5.74) is 2.24. The van der Waals surface area contributed by atoms with E-state index in [1.807, 2.05) is 13.0 Å². The number of hydrogen-bond donors (Lipinski definition) is 1. The van der Waals surface area contributed by atoms with Gasteiger partial charge in [-0.15, -0.1) is 0 Å². The average Bonchev–Trinajstić information content (AvgIpc) is 2.71. The Morgan fingerprint density at radius 2 is 2.25 bits per heavy atom. The number of hydrogen-bond acceptors (Lipinski definition) is 4. The fourth-order valence-electron chi connectivity index (χ4n) is 2.99. The highest BCUT2D eigenvalue weighted by Crippen LogP contribution is 2.33. The van der Waals surface area contributed by atoms with Crippen LogP contribution < -0.4 is 10.1 Å². The van der Waals surface area contributed by atoms with Crippen molar-refractivity contribution in [2.24, 2.45) is 5.41 Å². The van der Waals surface area contributed by atoms with Crippen molar-refractivity contribution in [3.05, 3.63) is 23.8 Å². The van der Waals surface area contributed by atoms with Crippen LogP contribution in [0.2, 0.25) is 0 Å². The van der Waals surface area contributed by atoms with Crippen molar-refractivity contribution in [1.82, 2.24) is 0 Å². The number of fused-ring (bicyclic) bond motifs is 1. The topological polar surface area (TPSA) is 55.4 Å². The van der Waals surface area contributed by atoms with Gasteiger partial charge in [-0.2, -0.15) is 0 Å². The predicted molar refractivity (Wildman–Crippen MR) is 80.1 cm³/mol. The molecule has 0 aliphatic carbocycles. The standard InChI is InChI=1S/C15H21NO3S/c1-15(6-8-20(17,18)11-15)10-19-13-4-5-14-12(9-13)3-2-7-16-14/h4-5,9,16H,2-3,6-8,10-11H2,1H3. The van der Waals surface area contributed by atoms with Gasteiger partial charge in [0.15, 0.2) is 9.84 Å². The van der Waals surface area contributed by atoms with Crippen LogP contribution in [0.3, 0.4) is 0 Å². The highest BCUT2D eigenvalue weighted by atomic mass is 32.2. The quantitative estimate of drug-likeness (QED) is 0.929. The Balaban J connectivity index is 1.67. The molecule has 2 aliphatic heterocycles. The first-order chi connectivity index (χ1) is 9.46. The Morgan fingerprint density at radius 3 is 3.00 bits per heavy atom. The van der Waals surface area contributed by atoms with Gasteiger partial charge >= 0.3 is 0 Å². The van der Waals surface area contributed by atoms with Gasteiger partial charge in [-0.3, -0.25) is 0 Å². The molecular weight excluding hydrogens is 274 g/mol. The number of aryl methyl sites for hydroxylation is 1. The molecule has 4 nitrogen and oxygen atoms in total. The second-order valence-corrected chi connectivity index (χ2v) is 8.47. The maximum absolute atomic E-state index is 11.6. The molecule has 1 fully saturated rings. The van der Waals surface area contributed by atoms with Crippen LogP contribution in [-0.2, 0) is 16.3 Å². The molecule has 5 heteroatoms. The molecule has 20 heavy (non-hydrogen) atoms. The first-order valence-electron chi connectivity index (χ1n) is 7.16. The second kappa shape index (κ2) is 4.95. The summed E-state index contributed by atoms with van der Waals surface area (Å²) in [6.45, 7) is 3.50. The number of rotatable bonds is 3. The van der Waals surface area contributed by atoms with Crippen molar-refractivity contribution in [3.63, 3.8) is 0 Å². The van der Waals surface area contributed by atoms with Crippen LogP contribution in [0.25, 0.3) is 0 Å². The maximum Gasteiger partial charge on any atom is 0.151 e. The molecule has 0 aromatic heterocycles. The molecular formula is C15H21NO3S. The second-order valence-electron chi connectivity index (χ2n) is 6.29. The molecule has 1 aromatic rings. The largest absolute Gasteiger partial charge is 0.493 e. The molecule has 1 atom stereocenters. The minimum absolute atomic E-state index is 0.243. The molecule has 2 heterocycles. The van der Waals surface area contributed by atoms with Crippen molar-refractivity contribution in [3.8, 4) is 5.75 Å². The van der Waals surface area contributed by atoms with E-state index in [9.17, 15) is 8.42 Å². The van der Waals surface area contributed by atoms with Crippen LogP contribution in [0.4, 0.5) is 5.69 Å². The number of nitrogens with one attached hydrogen (secondary N) is 1. The summed E-state index contributed by atoms with van der Waals surface area (Å²) in [7, 11) is -2.86. The molecule has 3 rings (SSSR count). The maximum atomic E-state index is 11.6. The molecule has 0 bridgehead atoms. The third kappa shape index (κ3) is 2.92. The van der Waals surface area contributed by atoms with E-state index in [0.717, 1.165) is 25.1 Å². The van der Waals surface area contributed by atoms with Gasteiger partial charge in [0.25, 0.3) is 0 Å². The van der Waals surface area contributed by atoms with Gasteiger partial charge in [-0.1, -0.05) is 6.92 Å². The lowest BCUT2D eigenvalue weighted by atomic mass is 9.91. The van der Waals surface area contributed by atoms with E-state index in [1.54, 1.807) is 0 Å². The monoisotopic (exact) mass is 295 g/mol. The third-order valence-electron chi connectivity index (χ3n) is 4.19. The molecule has 1 N–H and O–H groups in total. The Hall–Kier alpha value is -1.23. The summed E-state index contributed by atoms with van der Waals surface area (Å²) < 4.78 is 29.0. The van der Waals surface area contributed by atoms with Gasteiger partial charge < -0.3 is 10.1 Å². The smallest absolute Gasteiger partial charge is 0.151 e. The molecule has 110 valence electrons. The van der Waals surface area contributed by atoms with Crippen molar-refractivity contribution in [1.29, 1.82) is 0 Å². The van der Waals surface area contributed by atoms with Crippen molar-refractivity contribution >= 4 is 15.5 Å². The highest BCUT2D eigenvalue weighted by Gasteiger charge is 2.39. The Morgan fingerprint density at radius 1 is 1.40 bits per heavy atom. The summed E-state index contributed by atoms with van der Waals surface area (Å²) in [5.74, 6) is 1.38. The Labute approximate surface area is 120 Å². The molecule has 1 aromatic carbocycles. The minimum atomic E-state index is -2.86. The summed E-state index contributed by atoms with van der Waals surface area (Å²) in [6, 6.07) is 6.09. The van der Waals surface area contributed by atoms with E-state index in [1.165, 1.54) is 11.3 Å². The molecule has 0 saturated carbocycles. The summed E-state index contributed by atoms with van der Waals surface area (Å²) in [5, 5.41) is 3.37. The van der Waals surface area contributed by atoms with Crippen molar-refractivity contribution in [2.45, 2.75) is 26.2 Å². The third-order valence-corrected chi connectivity index (χ3v) is 6.15. The highest BCUT2D eigenvalue weighted by molar-refractivity contribution is 7.91. The lowest BCUT2D eigenvalue weighted by Gasteiger charge is -2.23. The summed E-state index contributed by atoms with van der Waals surface area (Å²) >= 11 is 0. The van der Waals surface area contributed by atoms with E-state index < -0.39 is 9.84 Å². The van der Waals surface area contributed by atoms with E-state index >= 15 is 0 Å². The molecule has 0 amide bonds. The van der Waals surface area contributed by atoms with Gasteiger partial charge in [0, 0.05) is 17.6 Å². The van der Waals surface area contributed by atoms with E-state index in [2.05, 4.69) is 17.4 Å². The van der Waals surface area contributed by atoms with E-state index in [0.29, 0.717) is 18.8 Å². The van der Waals surface area contributed by atoms with Crippen LogP contribution in [0.5, 0.6) is 5.75 Å². The summed E-state index contributed by atoms with van der Waals surface area (Å²) in [4.78, 5) is 0. The summed E-state index contributed by atoms with van der Waals surface area (Å²) in [6.07, 6.45) is 2.92. The van der Waals surface area contributed by atoms with Crippen molar-refractivity contribution < 1.29 is 13.2 Å². The van der Waals surface area contributed by atoms with Gasteiger partial charge in [0.2, 0.25) is 0 Å². The van der Waals surface area contributed by atoms with Gasteiger partial charge in [-0.05, 0) is 43.0 Å². The van der Waals surface area contributed by atoms with Crippen LogP contribution in [0.1, 0.15) is 25.3 Å². The molecule has 0 spiro atoms. The molecule has 1 saturated heterocycles. The van der Waals surface area contributed by atoms with Crippen LogP contribution in [0, 0.1) is 5.41 Å².